The third-order valence-electron chi connectivity index (χ3n) is 9.91. The molecule has 352 valence electrons. The van der Waals surface area contributed by atoms with Crippen molar-refractivity contribution in [1.82, 2.24) is 0 Å². The number of Topliss-reactive ketones (excluding diaryl/α,β-unsaturated/α-hetero) is 1. The van der Waals surface area contributed by atoms with Crippen LogP contribution in [0.2, 0.25) is 0 Å². The smallest absolute Gasteiger partial charge is 0.462 e. The van der Waals surface area contributed by atoms with E-state index >= 15 is 0 Å². The van der Waals surface area contributed by atoms with Gasteiger partial charge in [-0.1, -0.05) is 131 Å². The molecule has 13 nitrogen and oxygen atoms in total. The Labute approximate surface area is 371 Å². The Hall–Kier alpha value is -3.26. The summed E-state index contributed by atoms with van der Waals surface area (Å²) in [5.74, 6) is -2.07. The van der Waals surface area contributed by atoms with Gasteiger partial charge in [0.1, 0.15) is 18.5 Å². The summed E-state index contributed by atoms with van der Waals surface area (Å²) in [5.41, 5.74) is 0. The molecular weight excluding hydrogens is 815 g/mol. The lowest BCUT2D eigenvalue weighted by Gasteiger charge is -2.20. The quantitative estimate of drug-likeness (QED) is 0.0171. The van der Waals surface area contributed by atoms with Crippen molar-refractivity contribution in [3.05, 3.63) is 85.1 Å². The summed E-state index contributed by atoms with van der Waals surface area (Å²) in [4.78, 5) is 47.7. The summed E-state index contributed by atoms with van der Waals surface area (Å²) in [7, 11) is -4.72. The van der Waals surface area contributed by atoms with E-state index in [1.165, 1.54) is 19.3 Å². The maximum absolute atomic E-state index is 12.7. The van der Waals surface area contributed by atoms with Gasteiger partial charge in [0.15, 0.2) is 6.10 Å². The first-order valence-corrected chi connectivity index (χ1v) is 24.1. The molecule has 14 heteroatoms. The highest BCUT2D eigenvalue weighted by atomic mass is 31.2. The van der Waals surface area contributed by atoms with Crippen molar-refractivity contribution in [1.29, 1.82) is 0 Å². The van der Waals surface area contributed by atoms with E-state index < -0.39 is 76.5 Å². The zero-order valence-electron chi connectivity index (χ0n) is 37.3. The number of hydrogen-bond acceptors (Lipinski definition) is 12. The molecule has 0 saturated heterocycles. The average Bonchev–Trinajstić information content (AvgIpc) is 3.52. The normalized spacial score (nSPS) is 19.9. The third-order valence-corrected chi connectivity index (χ3v) is 10.9. The van der Waals surface area contributed by atoms with E-state index in [1.54, 1.807) is 12.2 Å². The Kier molecular flexibility index (Phi) is 34.0. The van der Waals surface area contributed by atoms with Crippen LogP contribution in [-0.2, 0) is 37.5 Å². The Morgan fingerprint density at radius 2 is 1.29 bits per heavy atom. The number of allylic oxidation sites excluding steroid dienone is 13. The number of rotatable bonds is 37. The minimum Gasteiger partial charge on any atom is -0.462 e. The standard InChI is InChI=1S/C48H77O13P/c1-3-5-7-8-9-10-11-12-13-14-15-16-17-18-19-20-21-22-27-31-47(54)58-38-42(39-60-62(56,57)59-37-41(51)36-49)61-48(55)32-28-24-23-26-30-43-44(46(53)35-45(43)52)34-33-40(50)29-25-6-4-2/h9-10,12-13,15-16,18-19,21-23,26,33-34,40-45,49-52H,3-8,11,14,17,20,24-25,27-32,35-39H2,1-2H3,(H,56,57)/b10-9-,13-12-,16-15-,19-18-,22-21-,26-23-,34-33+/t40-,41-,42+,43+,44+,45-/m0/s1. The molecule has 1 saturated carbocycles. The van der Waals surface area contributed by atoms with Crippen LogP contribution >= 0.6 is 7.82 Å². The van der Waals surface area contributed by atoms with Gasteiger partial charge in [0.05, 0.1) is 32.0 Å². The number of esters is 2. The van der Waals surface area contributed by atoms with Gasteiger partial charge in [-0.15, -0.1) is 0 Å². The lowest BCUT2D eigenvalue weighted by molar-refractivity contribution is -0.161. The SMILES string of the molecule is CCCCC/C=C\C/C=C\C/C=C\C/C=C\C/C=C\CCC(=O)OC[C@H](COP(=O)(O)OC[C@@H](O)CO)OC(=O)CCC/C=C\C[C@H]1[C@@H](O)CC(=O)[C@@H]1/C=C/[C@@H](O)CCCCC. The van der Waals surface area contributed by atoms with Crippen LogP contribution < -0.4 is 0 Å². The second-order valence-corrected chi connectivity index (χ2v) is 17.0. The summed E-state index contributed by atoms with van der Waals surface area (Å²) in [6.07, 6.45) is 37.9. The molecular formula is C48H77O13P. The molecule has 7 atom stereocenters. The van der Waals surface area contributed by atoms with Crippen molar-refractivity contribution < 1.29 is 62.8 Å². The van der Waals surface area contributed by atoms with Crippen molar-refractivity contribution in [3.63, 3.8) is 0 Å². The zero-order valence-corrected chi connectivity index (χ0v) is 38.2. The molecule has 0 radical (unpaired) electrons. The highest BCUT2D eigenvalue weighted by molar-refractivity contribution is 7.47. The third kappa shape index (κ3) is 30.7. The fraction of sp³-hybridized carbons (Fsp3) is 0.646. The number of phosphoric ester groups is 1. The van der Waals surface area contributed by atoms with Crippen LogP contribution in [0.5, 0.6) is 0 Å². The summed E-state index contributed by atoms with van der Waals surface area (Å²) in [5, 5.41) is 39.1. The van der Waals surface area contributed by atoms with Crippen molar-refractivity contribution in [3.8, 4) is 0 Å². The fourth-order valence-corrected chi connectivity index (χ4v) is 7.10. The van der Waals surface area contributed by atoms with Gasteiger partial charge < -0.3 is 34.8 Å². The minimum atomic E-state index is -4.72. The predicted octanol–water partition coefficient (Wildman–Crippen LogP) is 8.81. The highest BCUT2D eigenvalue weighted by Gasteiger charge is 2.39. The summed E-state index contributed by atoms with van der Waals surface area (Å²) in [6, 6.07) is 0. The van der Waals surface area contributed by atoms with E-state index in [0.29, 0.717) is 38.5 Å². The number of aliphatic hydroxyl groups is 4. The van der Waals surface area contributed by atoms with Gasteiger partial charge >= 0.3 is 19.8 Å². The molecule has 1 unspecified atom stereocenters. The molecule has 1 fully saturated rings. The fourth-order valence-electron chi connectivity index (χ4n) is 6.31. The van der Waals surface area contributed by atoms with Crippen molar-refractivity contribution in [2.24, 2.45) is 11.8 Å². The molecule has 0 amide bonds. The molecule has 1 rings (SSSR count). The molecule has 0 bridgehead atoms. The first kappa shape index (κ1) is 56.8. The summed E-state index contributed by atoms with van der Waals surface area (Å²) in [6.45, 7) is 1.83. The van der Waals surface area contributed by atoms with Gasteiger partial charge in [-0.2, -0.15) is 0 Å². The van der Waals surface area contributed by atoms with Crippen molar-refractivity contribution >= 4 is 25.5 Å². The van der Waals surface area contributed by atoms with Gasteiger partial charge in [-0.25, -0.2) is 4.57 Å². The van der Waals surface area contributed by atoms with Crippen molar-refractivity contribution in [2.75, 3.05) is 26.4 Å². The van der Waals surface area contributed by atoms with Crippen LogP contribution in [0.1, 0.15) is 136 Å². The number of ether oxygens (including phenoxy) is 2. The maximum atomic E-state index is 12.7. The number of phosphoric acid groups is 1. The van der Waals surface area contributed by atoms with Crippen LogP contribution in [0.15, 0.2) is 85.1 Å². The second-order valence-electron chi connectivity index (χ2n) is 15.5. The molecule has 1 aliphatic rings. The van der Waals surface area contributed by atoms with E-state index in [1.807, 2.05) is 30.4 Å². The van der Waals surface area contributed by atoms with Crippen LogP contribution in [0.4, 0.5) is 0 Å². The average molecular weight is 893 g/mol. The number of hydrogen-bond donors (Lipinski definition) is 5. The van der Waals surface area contributed by atoms with E-state index in [2.05, 4.69) is 60.9 Å². The Balaban J connectivity index is 2.52. The van der Waals surface area contributed by atoms with Crippen LogP contribution in [0, 0.1) is 11.8 Å². The maximum Gasteiger partial charge on any atom is 0.472 e. The van der Waals surface area contributed by atoms with Gasteiger partial charge in [0.2, 0.25) is 0 Å². The number of ketones is 1. The minimum absolute atomic E-state index is 0.0270. The van der Waals surface area contributed by atoms with Crippen LogP contribution in [-0.4, -0.2) is 93.9 Å². The lowest BCUT2D eigenvalue weighted by atomic mass is 9.90. The number of carbonyl (C=O) groups excluding carboxylic acids is 3. The number of unbranched alkanes of at least 4 members (excludes halogenated alkanes) is 6. The monoisotopic (exact) mass is 893 g/mol. The molecule has 0 spiro atoms. The second kappa shape index (κ2) is 37.1. The Morgan fingerprint density at radius 3 is 1.92 bits per heavy atom. The predicted molar refractivity (Wildman–Crippen MR) is 243 cm³/mol. The van der Waals surface area contributed by atoms with Gasteiger partial charge in [0.25, 0.3) is 0 Å². The Morgan fingerprint density at radius 1 is 0.726 bits per heavy atom. The van der Waals surface area contributed by atoms with Gasteiger partial charge in [0, 0.05) is 31.1 Å². The molecule has 0 aromatic heterocycles. The molecule has 62 heavy (non-hydrogen) atoms. The van der Waals surface area contributed by atoms with Crippen LogP contribution in [0.25, 0.3) is 0 Å². The molecule has 1 aliphatic carbocycles. The molecule has 0 aliphatic heterocycles. The topological polar surface area (TPSA) is 206 Å². The molecule has 0 aromatic carbocycles. The van der Waals surface area contributed by atoms with Crippen molar-refractivity contribution in [2.45, 2.75) is 160 Å². The first-order chi connectivity index (χ1) is 29.9. The van der Waals surface area contributed by atoms with E-state index in [4.69, 9.17) is 19.1 Å². The Bertz CT molecular complexity index is 1470. The van der Waals surface area contributed by atoms with Gasteiger partial charge in [-0.05, 0) is 70.6 Å². The number of carbonyl (C=O) groups is 3. The molecule has 0 aromatic rings. The van der Waals surface area contributed by atoms with Gasteiger partial charge in [-0.3, -0.25) is 23.4 Å². The lowest BCUT2D eigenvalue weighted by Crippen LogP contribution is -2.29. The van der Waals surface area contributed by atoms with E-state index in [-0.39, 0.29) is 31.0 Å². The first-order valence-electron chi connectivity index (χ1n) is 22.6. The summed E-state index contributed by atoms with van der Waals surface area (Å²) >= 11 is 0. The number of aliphatic hydroxyl groups excluding tert-OH is 4. The molecule has 0 heterocycles. The molecule has 5 N–H and O–H groups in total. The largest absolute Gasteiger partial charge is 0.472 e. The van der Waals surface area contributed by atoms with E-state index in [0.717, 1.165) is 44.9 Å². The van der Waals surface area contributed by atoms with Crippen LogP contribution in [0.3, 0.4) is 0 Å². The summed E-state index contributed by atoms with van der Waals surface area (Å²) < 4.78 is 32.6. The highest BCUT2D eigenvalue weighted by Crippen LogP contribution is 2.43. The van der Waals surface area contributed by atoms with E-state index in [9.17, 15) is 39.2 Å². The zero-order chi connectivity index (χ0) is 45.7.